The third-order valence-corrected chi connectivity index (χ3v) is 1.06. The second kappa shape index (κ2) is 6.85. The van der Waals surface area contributed by atoms with Crippen LogP contribution < -0.4 is 4.74 Å². The lowest BCUT2D eigenvalue weighted by Gasteiger charge is -1.98. The summed E-state index contributed by atoms with van der Waals surface area (Å²) in [6.45, 7) is 6.46. The Morgan fingerprint density at radius 2 is 2.08 bits per heavy atom. The molecule has 0 aliphatic rings. The van der Waals surface area contributed by atoms with Gasteiger partial charge in [0.2, 0.25) is 5.88 Å². The van der Waals surface area contributed by atoms with Crippen LogP contribution in [-0.2, 0) is 0 Å². The van der Waals surface area contributed by atoms with Crippen molar-refractivity contribution in [3.63, 3.8) is 0 Å². The van der Waals surface area contributed by atoms with E-state index in [4.69, 9.17) is 16.3 Å². The maximum Gasteiger partial charge on any atom is 0.233 e. The molecule has 4 heteroatoms. The minimum absolute atomic E-state index is 0.353. The van der Waals surface area contributed by atoms with E-state index in [9.17, 15) is 0 Å². The number of nitrogens with zero attached hydrogens (tertiary/aromatic N) is 2. The summed E-state index contributed by atoms with van der Waals surface area (Å²) in [5, 5.41) is 0.353. The molecule has 0 aliphatic heterocycles. The molecule has 0 radical (unpaired) electrons. The Balaban J connectivity index is 0.000000561. The summed E-state index contributed by atoms with van der Waals surface area (Å²) in [7, 11) is 0. The molecule has 0 saturated carbocycles. The summed E-state index contributed by atoms with van der Waals surface area (Å²) in [5.41, 5.74) is 0. The molecule has 0 atom stereocenters. The van der Waals surface area contributed by atoms with Crippen LogP contribution in [0.5, 0.6) is 5.88 Å². The van der Waals surface area contributed by atoms with E-state index in [1.54, 1.807) is 0 Å². The van der Waals surface area contributed by atoms with Gasteiger partial charge in [0.25, 0.3) is 0 Å². The van der Waals surface area contributed by atoms with Gasteiger partial charge in [-0.3, -0.25) is 4.98 Å². The Labute approximate surface area is 77.8 Å². The highest BCUT2D eigenvalue weighted by molar-refractivity contribution is 6.29. The third kappa shape index (κ3) is 4.13. The van der Waals surface area contributed by atoms with Crippen molar-refractivity contribution in [2.75, 3.05) is 6.61 Å². The standard InChI is InChI=1S/C6H7ClN2O.C2H6/c1-2-10-6-4-8-3-5(7)9-6;1-2/h3-4H,2H2,1H3;1-2H3. The number of hydrogen-bond acceptors (Lipinski definition) is 3. The van der Waals surface area contributed by atoms with Crippen molar-refractivity contribution >= 4 is 11.6 Å². The van der Waals surface area contributed by atoms with Crippen LogP contribution in [0.3, 0.4) is 0 Å². The lowest BCUT2D eigenvalue weighted by Crippen LogP contribution is -1.94. The number of rotatable bonds is 2. The second-order valence-corrected chi connectivity index (χ2v) is 2.00. The fourth-order valence-electron chi connectivity index (χ4n) is 0.543. The van der Waals surface area contributed by atoms with Crippen LogP contribution in [0.4, 0.5) is 0 Å². The molecule has 0 aliphatic carbocycles. The van der Waals surface area contributed by atoms with Gasteiger partial charge in [0.05, 0.1) is 19.0 Å². The number of hydrogen-bond donors (Lipinski definition) is 0. The Kier molecular flexibility index (Phi) is 6.38. The lowest BCUT2D eigenvalue weighted by molar-refractivity contribution is 0.325. The molecule has 0 unspecified atom stereocenters. The molecule has 0 fully saturated rings. The van der Waals surface area contributed by atoms with Crippen molar-refractivity contribution in [1.82, 2.24) is 9.97 Å². The summed E-state index contributed by atoms with van der Waals surface area (Å²) < 4.78 is 5.03. The number of aromatic nitrogens is 2. The van der Waals surface area contributed by atoms with Gasteiger partial charge in [0, 0.05) is 0 Å². The van der Waals surface area contributed by atoms with E-state index in [0.29, 0.717) is 17.6 Å². The van der Waals surface area contributed by atoms with Crippen molar-refractivity contribution in [3.05, 3.63) is 17.5 Å². The molecule has 0 N–H and O–H groups in total. The van der Waals surface area contributed by atoms with E-state index >= 15 is 0 Å². The summed E-state index contributed by atoms with van der Waals surface area (Å²) in [4.78, 5) is 7.63. The van der Waals surface area contributed by atoms with Crippen molar-refractivity contribution in [2.24, 2.45) is 0 Å². The first-order valence-electron chi connectivity index (χ1n) is 3.93. The first-order chi connectivity index (χ1) is 5.83. The molecule has 1 rings (SSSR count). The average molecular weight is 189 g/mol. The van der Waals surface area contributed by atoms with Gasteiger partial charge in [0.15, 0.2) is 5.15 Å². The molecule has 0 saturated heterocycles. The highest BCUT2D eigenvalue weighted by Gasteiger charge is 1.93. The van der Waals surface area contributed by atoms with Gasteiger partial charge in [-0.1, -0.05) is 25.4 Å². The van der Waals surface area contributed by atoms with Crippen LogP contribution in [0.25, 0.3) is 0 Å². The van der Waals surface area contributed by atoms with E-state index in [1.807, 2.05) is 20.8 Å². The highest BCUT2D eigenvalue weighted by Crippen LogP contribution is 2.08. The van der Waals surface area contributed by atoms with Crippen LogP contribution in [0, 0.1) is 0 Å². The quantitative estimate of drug-likeness (QED) is 0.716. The normalized spacial score (nSPS) is 8.33. The zero-order valence-electron chi connectivity index (χ0n) is 7.54. The average Bonchev–Trinajstić information content (AvgIpc) is 2.09. The zero-order valence-corrected chi connectivity index (χ0v) is 8.30. The van der Waals surface area contributed by atoms with Gasteiger partial charge in [-0.2, -0.15) is 4.98 Å². The van der Waals surface area contributed by atoms with Crippen molar-refractivity contribution in [2.45, 2.75) is 20.8 Å². The molecule has 0 bridgehead atoms. The van der Waals surface area contributed by atoms with E-state index in [2.05, 4.69) is 9.97 Å². The van der Waals surface area contributed by atoms with Gasteiger partial charge in [-0.25, -0.2) is 0 Å². The Morgan fingerprint density at radius 1 is 1.42 bits per heavy atom. The van der Waals surface area contributed by atoms with Crippen LogP contribution in [0.2, 0.25) is 5.15 Å². The highest BCUT2D eigenvalue weighted by atomic mass is 35.5. The molecule has 1 aromatic rings. The first kappa shape index (κ1) is 11.2. The predicted molar refractivity (Wildman–Crippen MR) is 49.6 cm³/mol. The first-order valence-corrected chi connectivity index (χ1v) is 4.31. The maximum atomic E-state index is 5.53. The van der Waals surface area contributed by atoms with E-state index in [1.165, 1.54) is 12.4 Å². The molecule has 0 spiro atoms. The van der Waals surface area contributed by atoms with Gasteiger partial charge in [-0.05, 0) is 6.92 Å². The van der Waals surface area contributed by atoms with Gasteiger partial charge >= 0.3 is 0 Å². The Bertz CT molecular complexity index is 218. The van der Waals surface area contributed by atoms with Crippen molar-refractivity contribution in [1.29, 1.82) is 0 Å². The van der Waals surface area contributed by atoms with E-state index in [-0.39, 0.29) is 0 Å². The SMILES string of the molecule is CC.CCOc1cncc(Cl)n1. The zero-order chi connectivity index (χ0) is 9.40. The molecule has 0 aromatic carbocycles. The summed E-state index contributed by atoms with van der Waals surface area (Å²) in [6, 6.07) is 0. The molecule has 0 amide bonds. The fourth-order valence-corrected chi connectivity index (χ4v) is 0.683. The van der Waals surface area contributed by atoms with E-state index < -0.39 is 0 Å². The van der Waals surface area contributed by atoms with Crippen LogP contribution >= 0.6 is 11.6 Å². The Morgan fingerprint density at radius 3 is 2.58 bits per heavy atom. The molecular weight excluding hydrogens is 176 g/mol. The summed E-state index contributed by atoms with van der Waals surface area (Å²) in [5.74, 6) is 0.468. The van der Waals surface area contributed by atoms with Gasteiger partial charge < -0.3 is 4.74 Å². The van der Waals surface area contributed by atoms with E-state index in [0.717, 1.165) is 0 Å². The molecule has 1 heterocycles. The van der Waals surface area contributed by atoms with Crippen molar-refractivity contribution in [3.8, 4) is 5.88 Å². The molecule has 3 nitrogen and oxygen atoms in total. The fraction of sp³-hybridized carbons (Fsp3) is 0.500. The molecular formula is C8H13ClN2O. The van der Waals surface area contributed by atoms with Crippen LogP contribution in [0.1, 0.15) is 20.8 Å². The van der Waals surface area contributed by atoms with Crippen molar-refractivity contribution < 1.29 is 4.74 Å². The third-order valence-electron chi connectivity index (χ3n) is 0.875. The van der Waals surface area contributed by atoms with Gasteiger partial charge in [-0.15, -0.1) is 0 Å². The molecule has 12 heavy (non-hydrogen) atoms. The minimum atomic E-state index is 0.353. The predicted octanol–water partition coefficient (Wildman–Crippen LogP) is 2.55. The number of ether oxygens (including phenoxy) is 1. The molecule has 1 aromatic heterocycles. The number of halogens is 1. The lowest BCUT2D eigenvalue weighted by atomic mass is 10.7. The van der Waals surface area contributed by atoms with Crippen LogP contribution in [0.15, 0.2) is 12.4 Å². The minimum Gasteiger partial charge on any atom is -0.477 e. The Hall–Kier alpha value is -0.830. The largest absolute Gasteiger partial charge is 0.477 e. The smallest absolute Gasteiger partial charge is 0.233 e. The monoisotopic (exact) mass is 188 g/mol. The molecule has 68 valence electrons. The topological polar surface area (TPSA) is 35.0 Å². The van der Waals surface area contributed by atoms with Crippen LogP contribution in [-0.4, -0.2) is 16.6 Å². The maximum absolute atomic E-state index is 5.53. The summed E-state index contributed by atoms with van der Waals surface area (Å²) in [6.07, 6.45) is 2.99. The van der Waals surface area contributed by atoms with Gasteiger partial charge in [0.1, 0.15) is 0 Å². The summed E-state index contributed by atoms with van der Waals surface area (Å²) >= 11 is 5.53. The second-order valence-electron chi connectivity index (χ2n) is 1.61.